The molecule has 0 saturated carbocycles. The summed E-state index contributed by atoms with van der Waals surface area (Å²) in [4.78, 5) is 2.40. The smallest absolute Gasteiger partial charge is 0.210 e. The van der Waals surface area contributed by atoms with Crippen LogP contribution >= 0.6 is 0 Å². The van der Waals surface area contributed by atoms with Gasteiger partial charge in [-0.25, -0.2) is 0 Å². The van der Waals surface area contributed by atoms with Gasteiger partial charge in [-0.1, -0.05) is 68.4 Å². The van der Waals surface area contributed by atoms with Crippen LogP contribution in [-0.2, 0) is 10.8 Å². The average molecular weight is 432 g/mol. The number of allylic oxidation sites excluding steroid dienone is 2. The van der Waals surface area contributed by atoms with Crippen LogP contribution < -0.4 is 4.90 Å². The maximum absolute atomic E-state index is 2.46. The second-order valence-electron chi connectivity index (χ2n) is 10.6. The third-order valence-electron chi connectivity index (χ3n) is 8.06. The molecule has 0 aromatic heterocycles. The Labute approximate surface area is 196 Å². The Morgan fingerprint density at radius 1 is 0.697 bits per heavy atom. The minimum atomic E-state index is -0.0916. The largest absolute Gasteiger partial charge is 0.347 e. The first kappa shape index (κ1) is 20.2. The van der Waals surface area contributed by atoms with E-state index in [2.05, 4.69) is 130 Å². The first-order chi connectivity index (χ1) is 15.7. The second kappa shape index (κ2) is 6.57. The van der Waals surface area contributed by atoms with Crippen LogP contribution in [0.25, 0.3) is 21.5 Å². The molecule has 0 N–H and O–H groups in total. The van der Waals surface area contributed by atoms with Gasteiger partial charge in [0.05, 0.1) is 5.41 Å². The zero-order chi connectivity index (χ0) is 23.1. The van der Waals surface area contributed by atoms with Crippen molar-refractivity contribution in [2.75, 3.05) is 19.0 Å². The van der Waals surface area contributed by atoms with E-state index in [0.717, 1.165) is 0 Å². The molecule has 4 aromatic rings. The summed E-state index contributed by atoms with van der Waals surface area (Å²) >= 11 is 0. The fourth-order valence-corrected chi connectivity index (χ4v) is 6.43. The predicted molar refractivity (Wildman–Crippen MR) is 141 cm³/mol. The van der Waals surface area contributed by atoms with Crippen molar-refractivity contribution in [2.45, 2.75) is 38.5 Å². The van der Waals surface area contributed by atoms with E-state index in [4.69, 9.17) is 0 Å². The lowest BCUT2D eigenvalue weighted by atomic mass is 9.76. The normalized spacial score (nSPS) is 19.6. The zero-order valence-electron chi connectivity index (χ0n) is 20.4. The number of hydrogen-bond acceptors (Lipinski definition) is 1. The van der Waals surface area contributed by atoms with Crippen molar-refractivity contribution in [3.05, 3.63) is 95.7 Å². The van der Waals surface area contributed by atoms with Crippen LogP contribution in [0.2, 0.25) is 0 Å². The Morgan fingerprint density at radius 2 is 1.27 bits per heavy atom. The van der Waals surface area contributed by atoms with Crippen LogP contribution in [0.5, 0.6) is 0 Å². The van der Waals surface area contributed by atoms with E-state index in [0.29, 0.717) is 0 Å². The van der Waals surface area contributed by atoms with Gasteiger partial charge in [0.15, 0.2) is 5.71 Å². The fourth-order valence-electron chi connectivity index (χ4n) is 6.43. The number of likely N-dealkylation sites (N-methyl/N-ethyl adjacent to an activating group) is 1. The first-order valence-electron chi connectivity index (χ1n) is 11.8. The molecule has 0 spiro atoms. The monoisotopic (exact) mass is 431 g/mol. The van der Waals surface area contributed by atoms with Gasteiger partial charge in [0.1, 0.15) is 7.05 Å². The summed E-state index contributed by atoms with van der Waals surface area (Å²) in [6, 6.07) is 26.6. The highest BCUT2D eigenvalue weighted by Gasteiger charge is 2.47. The fraction of sp³-hybridized carbons (Fsp3) is 0.258. The van der Waals surface area contributed by atoms with Crippen molar-refractivity contribution in [1.82, 2.24) is 0 Å². The highest BCUT2D eigenvalue weighted by molar-refractivity contribution is 6.09. The topological polar surface area (TPSA) is 6.25 Å². The van der Waals surface area contributed by atoms with E-state index in [9.17, 15) is 0 Å². The molecule has 2 heterocycles. The Bertz CT molecular complexity index is 1530. The molecule has 2 nitrogen and oxygen atoms in total. The highest BCUT2D eigenvalue weighted by Crippen LogP contribution is 2.51. The molecular weight excluding hydrogens is 400 g/mol. The van der Waals surface area contributed by atoms with Crippen LogP contribution in [0.3, 0.4) is 0 Å². The lowest BCUT2D eigenvalue weighted by Crippen LogP contribution is -2.31. The summed E-state index contributed by atoms with van der Waals surface area (Å²) < 4.78 is 2.40. The van der Waals surface area contributed by atoms with Crippen LogP contribution in [0.15, 0.2) is 84.6 Å². The molecule has 0 unspecified atom stereocenters. The number of benzene rings is 4. The summed E-state index contributed by atoms with van der Waals surface area (Å²) in [5, 5.41) is 5.33. The SMILES string of the molecule is CN1C(=CC2=[N+](C)c3ccc4ccccc4c3C2(C)C)C(C)(C)c2c1ccc1ccccc21. The average Bonchev–Trinajstić information content (AvgIpc) is 3.13. The molecule has 0 saturated heterocycles. The van der Waals surface area contributed by atoms with Gasteiger partial charge in [-0.15, -0.1) is 0 Å². The molecule has 0 amide bonds. The third kappa shape index (κ3) is 2.58. The van der Waals surface area contributed by atoms with Crippen molar-refractivity contribution < 1.29 is 4.58 Å². The van der Waals surface area contributed by atoms with Gasteiger partial charge in [0.25, 0.3) is 0 Å². The quantitative estimate of drug-likeness (QED) is 0.286. The van der Waals surface area contributed by atoms with E-state index in [1.807, 2.05) is 0 Å². The van der Waals surface area contributed by atoms with Gasteiger partial charge in [-0.2, -0.15) is 4.58 Å². The molecule has 0 aliphatic carbocycles. The molecule has 4 aromatic carbocycles. The Morgan fingerprint density at radius 3 is 1.94 bits per heavy atom. The van der Waals surface area contributed by atoms with Crippen LogP contribution in [0.4, 0.5) is 11.4 Å². The molecule has 0 radical (unpaired) electrons. The summed E-state index contributed by atoms with van der Waals surface area (Å²) in [7, 11) is 4.44. The number of nitrogens with zero attached hydrogens (tertiary/aromatic N) is 2. The Kier molecular flexibility index (Phi) is 4.03. The molecule has 0 atom stereocenters. The second-order valence-corrected chi connectivity index (χ2v) is 10.6. The maximum Gasteiger partial charge on any atom is 0.210 e. The lowest BCUT2D eigenvalue weighted by molar-refractivity contribution is -0.401. The van der Waals surface area contributed by atoms with E-state index >= 15 is 0 Å². The van der Waals surface area contributed by atoms with Crippen LogP contribution in [-0.4, -0.2) is 24.4 Å². The van der Waals surface area contributed by atoms with Gasteiger partial charge in [-0.3, -0.25) is 0 Å². The minimum Gasteiger partial charge on any atom is -0.347 e. The number of hydrogen-bond donors (Lipinski definition) is 0. The van der Waals surface area contributed by atoms with Crippen LogP contribution in [0, 0.1) is 0 Å². The van der Waals surface area contributed by atoms with Crippen molar-refractivity contribution >= 4 is 38.6 Å². The molecule has 6 rings (SSSR count). The summed E-state index contributed by atoms with van der Waals surface area (Å²) in [6.45, 7) is 9.49. The Hall–Kier alpha value is -3.39. The zero-order valence-corrected chi connectivity index (χ0v) is 20.4. The van der Waals surface area contributed by atoms with Gasteiger partial charge in [-0.05, 0) is 53.1 Å². The number of anilines is 1. The third-order valence-corrected chi connectivity index (χ3v) is 8.06. The molecule has 2 aliphatic heterocycles. The van der Waals surface area contributed by atoms with E-state index in [1.165, 1.54) is 55.5 Å². The van der Waals surface area contributed by atoms with Crippen molar-refractivity contribution in [3.8, 4) is 0 Å². The molecule has 0 bridgehead atoms. The predicted octanol–water partition coefficient (Wildman–Crippen LogP) is 7.31. The Balaban J connectivity index is 1.57. The molecule has 2 heteroatoms. The molecule has 0 fully saturated rings. The number of rotatable bonds is 1. The molecule has 2 aliphatic rings. The summed E-state index contributed by atoms with van der Waals surface area (Å²) in [5.74, 6) is 0. The summed E-state index contributed by atoms with van der Waals surface area (Å²) in [5.41, 5.74) is 7.99. The molecule has 164 valence electrons. The molecule has 33 heavy (non-hydrogen) atoms. The summed E-state index contributed by atoms with van der Waals surface area (Å²) in [6.07, 6.45) is 2.46. The highest BCUT2D eigenvalue weighted by atomic mass is 15.2. The van der Waals surface area contributed by atoms with Gasteiger partial charge in [0, 0.05) is 41.6 Å². The maximum atomic E-state index is 2.46. The van der Waals surface area contributed by atoms with Gasteiger partial charge >= 0.3 is 0 Å². The first-order valence-corrected chi connectivity index (χ1v) is 11.8. The standard InChI is InChI=1S/C31H31N2/c1-30(2)26(32(5)24-17-15-20-11-7-9-13-22(20)28(24)30)19-27-31(3,4)29-23-14-10-8-12-21(23)16-18-25(29)33(27)6/h7-19H,1-6H3/q+1. The van der Waals surface area contributed by atoms with Gasteiger partial charge < -0.3 is 4.90 Å². The van der Waals surface area contributed by atoms with E-state index in [1.54, 1.807) is 0 Å². The van der Waals surface area contributed by atoms with Crippen molar-refractivity contribution in [1.29, 1.82) is 0 Å². The van der Waals surface area contributed by atoms with Gasteiger partial charge in [0.2, 0.25) is 5.69 Å². The van der Waals surface area contributed by atoms with E-state index in [-0.39, 0.29) is 10.8 Å². The van der Waals surface area contributed by atoms with Crippen LogP contribution in [0.1, 0.15) is 38.8 Å². The minimum absolute atomic E-state index is 0.0916. The van der Waals surface area contributed by atoms with Crippen molar-refractivity contribution in [2.24, 2.45) is 0 Å². The lowest BCUT2D eigenvalue weighted by Gasteiger charge is -2.26. The van der Waals surface area contributed by atoms with Crippen molar-refractivity contribution in [3.63, 3.8) is 0 Å². The molecular formula is C31H31N2+. The van der Waals surface area contributed by atoms with E-state index < -0.39 is 0 Å². The number of fused-ring (bicyclic) bond motifs is 6.